The van der Waals surface area contributed by atoms with E-state index in [1.165, 1.54) is 0 Å². The van der Waals surface area contributed by atoms with Gasteiger partial charge in [0.15, 0.2) is 0 Å². The van der Waals surface area contributed by atoms with Crippen LogP contribution in [0.5, 0.6) is 0 Å². The van der Waals surface area contributed by atoms with Crippen molar-refractivity contribution < 1.29 is 58.3 Å². The minimum absolute atomic E-state index is 0. The maximum Gasteiger partial charge on any atom is 1.00 e. The van der Waals surface area contributed by atoms with Gasteiger partial charge < -0.3 is 30.6 Å². The van der Waals surface area contributed by atoms with Gasteiger partial charge in [-0.2, -0.15) is 0 Å². The second-order valence-electron chi connectivity index (χ2n) is 3.38. The van der Waals surface area contributed by atoms with Crippen LogP contribution < -0.4 is 40.6 Å². The van der Waals surface area contributed by atoms with E-state index >= 15 is 0 Å². The second kappa shape index (κ2) is 9.18. The van der Waals surface area contributed by atoms with Crippen molar-refractivity contribution >= 4 is 15.2 Å². The summed E-state index contributed by atoms with van der Waals surface area (Å²) in [5.41, 5.74) is 5.18. The van der Waals surface area contributed by atoms with Gasteiger partial charge in [-0.1, -0.05) is 0 Å². The van der Waals surface area contributed by atoms with Crippen LogP contribution in [-0.2, 0) is 9.13 Å². The fourth-order valence-corrected chi connectivity index (χ4v) is 2.61. The van der Waals surface area contributed by atoms with E-state index in [0.29, 0.717) is 0 Å². The summed E-state index contributed by atoms with van der Waals surface area (Å²) >= 11 is 0. The molecule has 0 spiro atoms. The van der Waals surface area contributed by atoms with Crippen LogP contribution in [0.4, 0.5) is 0 Å². The Kier molecular flexibility index (Phi) is 11.1. The van der Waals surface area contributed by atoms with Crippen LogP contribution in [0, 0.1) is 0 Å². The van der Waals surface area contributed by atoms with Crippen molar-refractivity contribution in [2.75, 3.05) is 19.3 Å². The van der Waals surface area contributed by atoms with Crippen molar-refractivity contribution in [2.24, 2.45) is 5.73 Å². The molecule has 17 heavy (non-hydrogen) atoms. The molecule has 0 aliphatic carbocycles. The largest absolute Gasteiger partial charge is 1.00 e. The van der Waals surface area contributed by atoms with E-state index < -0.39 is 21.0 Å². The molecule has 0 aliphatic heterocycles. The van der Waals surface area contributed by atoms with Gasteiger partial charge in [0.2, 0.25) is 0 Å². The molecule has 1 atom stereocenters. The van der Waals surface area contributed by atoms with Crippen molar-refractivity contribution in [3.8, 4) is 0 Å². The molecule has 0 aromatic heterocycles. The molecule has 0 aromatic carbocycles. The molecule has 0 radical (unpaired) electrons. The van der Waals surface area contributed by atoms with Crippen molar-refractivity contribution in [3.05, 3.63) is 0 Å². The SMILES string of the molecule is NCCNC(CCCP(=O)(O)O)P(=O)(O)O.[Na+]. The quantitative estimate of drug-likeness (QED) is 0.196. The molecule has 98 valence electrons. The summed E-state index contributed by atoms with van der Waals surface area (Å²) in [6, 6.07) is 0. The zero-order valence-electron chi connectivity index (χ0n) is 9.69. The summed E-state index contributed by atoms with van der Waals surface area (Å²) in [6.45, 7) is 0.473. The molecule has 0 aliphatic rings. The van der Waals surface area contributed by atoms with Crippen molar-refractivity contribution in [2.45, 2.75) is 18.6 Å². The topological polar surface area (TPSA) is 153 Å². The minimum atomic E-state index is -4.31. The van der Waals surface area contributed by atoms with E-state index in [1.807, 2.05) is 0 Å². The van der Waals surface area contributed by atoms with E-state index in [4.69, 9.17) is 25.3 Å². The molecule has 0 saturated heterocycles. The Bertz CT molecular complexity index is 292. The molecule has 0 aromatic rings. The summed E-state index contributed by atoms with van der Waals surface area (Å²) in [7, 11) is -8.41. The van der Waals surface area contributed by atoms with Crippen molar-refractivity contribution in [3.63, 3.8) is 0 Å². The first-order valence-corrected chi connectivity index (χ1v) is 8.18. The molecule has 0 rings (SSSR count). The normalized spacial score (nSPS) is 14.2. The number of nitrogens with one attached hydrogen (secondary N) is 1. The van der Waals surface area contributed by atoms with Gasteiger partial charge >= 0.3 is 44.7 Å². The van der Waals surface area contributed by atoms with Gasteiger partial charge in [-0.15, -0.1) is 0 Å². The molecular weight excluding hydrogens is 281 g/mol. The molecule has 0 saturated carbocycles. The average Bonchev–Trinajstić information content (AvgIpc) is 2.06. The van der Waals surface area contributed by atoms with Crippen LogP contribution in [0.1, 0.15) is 12.8 Å². The van der Waals surface area contributed by atoms with Gasteiger partial charge in [0.25, 0.3) is 0 Å². The molecule has 8 nitrogen and oxygen atoms in total. The van der Waals surface area contributed by atoms with Gasteiger partial charge in [-0.25, -0.2) is 0 Å². The summed E-state index contributed by atoms with van der Waals surface area (Å²) in [4.78, 5) is 35.1. The Labute approximate surface area is 122 Å². The predicted octanol–water partition coefficient (Wildman–Crippen LogP) is -4.00. The first-order chi connectivity index (χ1) is 7.17. The van der Waals surface area contributed by atoms with Crippen LogP contribution >= 0.6 is 15.2 Å². The Morgan fingerprint density at radius 1 is 1.18 bits per heavy atom. The van der Waals surface area contributed by atoms with E-state index in [0.717, 1.165) is 0 Å². The van der Waals surface area contributed by atoms with Gasteiger partial charge in [-0.3, -0.25) is 9.13 Å². The van der Waals surface area contributed by atoms with Crippen molar-refractivity contribution in [1.29, 1.82) is 0 Å². The number of nitrogens with two attached hydrogens (primary N) is 1. The molecule has 0 fully saturated rings. The van der Waals surface area contributed by atoms with E-state index in [1.54, 1.807) is 0 Å². The Morgan fingerprint density at radius 2 is 1.71 bits per heavy atom. The Hall–Kier alpha value is 1.22. The minimum Gasteiger partial charge on any atom is -0.329 e. The van der Waals surface area contributed by atoms with Crippen LogP contribution in [0.25, 0.3) is 0 Å². The van der Waals surface area contributed by atoms with Crippen LogP contribution in [0.15, 0.2) is 0 Å². The molecule has 0 heterocycles. The maximum atomic E-state index is 11.0. The van der Waals surface area contributed by atoms with Gasteiger partial charge in [-0.05, 0) is 12.8 Å². The van der Waals surface area contributed by atoms with Gasteiger partial charge in [0.1, 0.15) is 5.78 Å². The Morgan fingerprint density at radius 3 is 2.06 bits per heavy atom. The summed E-state index contributed by atoms with van der Waals surface area (Å²) in [5, 5.41) is 2.55. The monoisotopic (exact) mass is 299 g/mol. The third kappa shape index (κ3) is 12.0. The molecule has 0 bridgehead atoms. The first kappa shape index (κ1) is 20.5. The summed E-state index contributed by atoms with van der Waals surface area (Å²) in [5.74, 6) is -1.09. The zero-order chi connectivity index (χ0) is 12.8. The molecular formula is C6H18N2NaO6P2+. The van der Waals surface area contributed by atoms with Gasteiger partial charge in [0.05, 0.1) is 0 Å². The summed E-state index contributed by atoms with van der Waals surface area (Å²) in [6.07, 6.45) is -0.346. The molecule has 0 amide bonds. The fourth-order valence-electron chi connectivity index (χ4n) is 1.13. The molecule has 1 unspecified atom stereocenters. The number of rotatable bonds is 8. The van der Waals surface area contributed by atoms with Crippen LogP contribution in [0.3, 0.4) is 0 Å². The number of hydrogen-bond donors (Lipinski definition) is 6. The van der Waals surface area contributed by atoms with Gasteiger partial charge in [0, 0.05) is 19.3 Å². The summed E-state index contributed by atoms with van der Waals surface area (Å²) < 4.78 is 21.5. The van der Waals surface area contributed by atoms with E-state index in [9.17, 15) is 9.13 Å². The fraction of sp³-hybridized carbons (Fsp3) is 1.00. The third-order valence-corrected chi connectivity index (χ3v) is 4.01. The van der Waals surface area contributed by atoms with Crippen LogP contribution in [0.2, 0.25) is 0 Å². The number of hydrogen-bond acceptors (Lipinski definition) is 4. The van der Waals surface area contributed by atoms with Crippen molar-refractivity contribution in [1.82, 2.24) is 5.32 Å². The second-order valence-corrected chi connectivity index (χ2v) is 6.96. The zero-order valence-corrected chi connectivity index (χ0v) is 13.5. The molecule has 11 heteroatoms. The smallest absolute Gasteiger partial charge is 0.329 e. The first-order valence-electron chi connectivity index (χ1n) is 4.70. The molecule has 7 N–H and O–H groups in total. The van der Waals surface area contributed by atoms with Crippen LogP contribution in [-0.4, -0.2) is 44.6 Å². The van der Waals surface area contributed by atoms with E-state index in [2.05, 4.69) is 5.32 Å². The average molecular weight is 299 g/mol. The maximum absolute atomic E-state index is 11.0. The Balaban J connectivity index is 0. The predicted molar refractivity (Wildman–Crippen MR) is 59.0 cm³/mol. The third-order valence-electron chi connectivity index (χ3n) is 1.86. The standard InChI is InChI=1S/C6H18N2O6P2.Na/c7-3-4-8-6(16(12,13)14)2-1-5-15(9,10)11;/h6,8H,1-5,7H2,(H2,9,10,11)(H2,12,13,14);/q;+1. The van der Waals surface area contributed by atoms with E-state index in [-0.39, 0.29) is 61.7 Å².